The lowest BCUT2D eigenvalue weighted by Gasteiger charge is -2.32. The number of hydrazine groups is 1. The van der Waals surface area contributed by atoms with E-state index >= 15 is 0 Å². The highest BCUT2D eigenvalue weighted by Crippen LogP contribution is 2.48. The van der Waals surface area contributed by atoms with Crippen molar-refractivity contribution in [2.75, 3.05) is 30.5 Å². The highest BCUT2D eigenvalue weighted by molar-refractivity contribution is 7.89. The fraction of sp³-hybridized carbons (Fsp3) is 0.520. The van der Waals surface area contributed by atoms with Gasteiger partial charge in [0, 0.05) is 37.4 Å². The molecule has 1 unspecified atom stereocenters. The van der Waals surface area contributed by atoms with Crippen LogP contribution in [0.2, 0.25) is 0 Å². The number of sulfonamides is 1. The second-order valence-corrected chi connectivity index (χ2v) is 11.6. The Balaban J connectivity index is 1.40. The van der Waals surface area contributed by atoms with Gasteiger partial charge in [-0.25, -0.2) is 12.8 Å². The van der Waals surface area contributed by atoms with Crippen LogP contribution in [0.5, 0.6) is 0 Å². The van der Waals surface area contributed by atoms with Gasteiger partial charge in [-0.3, -0.25) is 5.01 Å². The average Bonchev–Trinajstić information content (AvgIpc) is 3.55. The third kappa shape index (κ3) is 4.24. The molecular weight excluding hydrogens is 441 g/mol. The van der Waals surface area contributed by atoms with E-state index in [2.05, 4.69) is 18.4 Å². The van der Waals surface area contributed by atoms with Crippen molar-refractivity contribution in [2.45, 2.75) is 45.6 Å². The molecule has 1 aromatic rings. The number of anilines is 1. The lowest BCUT2D eigenvalue weighted by Crippen LogP contribution is -2.41. The lowest BCUT2D eigenvalue weighted by molar-refractivity contribution is 0.0916. The fourth-order valence-electron chi connectivity index (χ4n) is 5.65. The van der Waals surface area contributed by atoms with Crippen LogP contribution in [0, 0.1) is 17.7 Å². The number of rotatable bonds is 7. The Hall–Kier alpha value is -2.16. The molecule has 0 bridgehead atoms. The van der Waals surface area contributed by atoms with Crippen LogP contribution in [0.3, 0.4) is 0 Å². The first-order chi connectivity index (χ1) is 15.9. The maximum absolute atomic E-state index is 13.4. The zero-order valence-corrected chi connectivity index (χ0v) is 20.1. The summed E-state index contributed by atoms with van der Waals surface area (Å²) >= 11 is 0. The molecule has 3 atom stereocenters. The number of fused-ring (bicyclic) bond motifs is 1. The molecule has 1 saturated heterocycles. The van der Waals surface area contributed by atoms with Crippen molar-refractivity contribution < 1.29 is 17.5 Å². The van der Waals surface area contributed by atoms with Crippen molar-refractivity contribution in [2.24, 2.45) is 11.8 Å². The molecule has 1 N–H and O–H groups in total. The molecular formula is C25H32FN3O3S. The van der Waals surface area contributed by atoms with Crippen LogP contribution >= 0.6 is 0 Å². The molecule has 0 saturated carbocycles. The van der Waals surface area contributed by atoms with Crippen LogP contribution in [-0.2, 0) is 14.8 Å². The van der Waals surface area contributed by atoms with E-state index in [1.165, 1.54) is 28.9 Å². The van der Waals surface area contributed by atoms with Crippen LogP contribution in [-0.4, -0.2) is 44.3 Å². The van der Waals surface area contributed by atoms with E-state index in [1.54, 1.807) is 23.4 Å². The van der Waals surface area contributed by atoms with Gasteiger partial charge < -0.3 is 10.2 Å². The lowest BCUT2D eigenvalue weighted by atomic mass is 9.80. The summed E-state index contributed by atoms with van der Waals surface area (Å²) in [5.74, 6) is 0.255. The van der Waals surface area contributed by atoms with Crippen LogP contribution in [0.4, 0.5) is 10.1 Å². The van der Waals surface area contributed by atoms with Crippen molar-refractivity contribution in [1.29, 1.82) is 0 Å². The zero-order chi connectivity index (χ0) is 23.2. The van der Waals surface area contributed by atoms with Gasteiger partial charge in [0.15, 0.2) is 0 Å². The van der Waals surface area contributed by atoms with Crippen LogP contribution in [0.15, 0.2) is 59.0 Å². The topological polar surface area (TPSA) is 61.9 Å². The molecule has 2 aliphatic heterocycles. The predicted octanol–water partition coefficient (Wildman–Crippen LogP) is 4.11. The second-order valence-electron chi connectivity index (χ2n) is 9.36. The van der Waals surface area contributed by atoms with E-state index in [1.807, 2.05) is 11.2 Å². The Morgan fingerprint density at radius 2 is 2.00 bits per heavy atom. The number of halogens is 1. The molecule has 6 nitrogen and oxygen atoms in total. The first kappa shape index (κ1) is 22.6. The molecule has 2 heterocycles. The number of nitrogens with zero attached hydrogens (tertiary/aromatic N) is 2. The van der Waals surface area contributed by atoms with Gasteiger partial charge in [0.1, 0.15) is 5.82 Å². The number of ether oxygens (including phenoxy) is 1. The van der Waals surface area contributed by atoms with Gasteiger partial charge in [-0.15, -0.1) is 0 Å². The number of benzene rings is 1. The van der Waals surface area contributed by atoms with Gasteiger partial charge in [0.05, 0.1) is 23.2 Å². The smallest absolute Gasteiger partial charge is 0.213 e. The van der Waals surface area contributed by atoms with Crippen LogP contribution in [0.1, 0.15) is 39.5 Å². The minimum atomic E-state index is -3.31. The molecule has 33 heavy (non-hydrogen) atoms. The molecule has 8 heteroatoms. The summed E-state index contributed by atoms with van der Waals surface area (Å²) in [4.78, 5) is 0. The summed E-state index contributed by atoms with van der Waals surface area (Å²) < 4.78 is 46.7. The minimum Gasteiger partial charge on any atom is -0.377 e. The summed E-state index contributed by atoms with van der Waals surface area (Å²) in [5.41, 5.74) is 9.15. The van der Waals surface area contributed by atoms with E-state index in [4.69, 9.17) is 4.74 Å². The van der Waals surface area contributed by atoms with Crippen molar-refractivity contribution in [3.8, 4) is 0 Å². The van der Waals surface area contributed by atoms with Crippen molar-refractivity contribution in [3.63, 3.8) is 0 Å². The Morgan fingerprint density at radius 1 is 1.21 bits per heavy atom. The van der Waals surface area contributed by atoms with Gasteiger partial charge in [0.2, 0.25) is 10.0 Å². The molecule has 5 rings (SSSR count). The van der Waals surface area contributed by atoms with Crippen molar-refractivity contribution in [3.05, 3.63) is 64.8 Å². The SMILES string of the molecule is CCS(=O)(=O)N(CC1CCCO1)C[C@H]1CCC2=C1[C@@H](C)C1=CNN(c3ccc(F)cc3)C1=C2. The highest BCUT2D eigenvalue weighted by Gasteiger charge is 2.40. The monoisotopic (exact) mass is 473 g/mol. The Morgan fingerprint density at radius 3 is 2.70 bits per heavy atom. The van der Waals surface area contributed by atoms with E-state index in [-0.39, 0.29) is 29.5 Å². The van der Waals surface area contributed by atoms with E-state index in [0.29, 0.717) is 13.1 Å². The number of hydrogen-bond donors (Lipinski definition) is 1. The maximum Gasteiger partial charge on any atom is 0.213 e. The summed E-state index contributed by atoms with van der Waals surface area (Å²) in [6.45, 7) is 5.62. The molecule has 1 fully saturated rings. The zero-order valence-electron chi connectivity index (χ0n) is 19.3. The quantitative estimate of drug-likeness (QED) is 0.646. The summed E-state index contributed by atoms with van der Waals surface area (Å²) in [7, 11) is -3.31. The Bertz CT molecular complexity index is 1100. The van der Waals surface area contributed by atoms with E-state index in [0.717, 1.165) is 43.7 Å². The van der Waals surface area contributed by atoms with Gasteiger partial charge in [-0.1, -0.05) is 12.5 Å². The van der Waals surface area contributed by atoms with Crippen LogP contribution in [0.25, 0.3) is 0 Å². The van der Waals surface area contributed by atoms with Gasteiger partial charge in [-0.05, 0) is 74.4 Å². The largest absolute Gasteiger partial charge is 0.377 e. The Labute approximate surface area is 195 Å². The first-order valence-corrected chi connectivity index (χ1v) is 13.5. The molecule has 0 spiro atoms. The minimum absolute atomic E-state index is 0.00228. The maximum atomic E-state index is 13.4. The predicted molar refractivity (Wildman–Crippen MR) is 127 cm³/mol. The first-order valence-electron chi connectivity index (χ1n) is 11.9. The van der Waals surface area contributed by atoms with Crippen LogP contribution < -0.4 is 10.4 Å². The summed E-state index contributed by atoms with van der Waals surface area (Å²) in [6.07, 6.45) is 8.07. The highest BCUT2D eigenvalue weighted by atomic mass is 32.2. The third-order valence-corrected chi connectivity index (χ3v) is 9.22. The average molecular weight is 474 g/mol. The molecule has 1 aromatic carbocycles. The van der Waals surface area contributed by atoms with Gasteiger partial charge in [-0.2, -0.15) is 4.31 Å². The van der Waals surface area contributed by atoms with Gasteiger partial charge >= 0.3 is 0 Å². The van der Waals surface area contributed by atoms with Crippen molar-refractivity contribution >= 4 is 15.7 Å². The van der Waals surface area contributed by atoms with E-state index < -0.39 is 10.0 Å². The van der Waals surface area contributed by atoms with Gasteiger partial charge in [0.25, 0.3) is 0 Å². The molecule has 0 radical (unpaired) electrons. The molecule has 0 aromatic heterocycles. The normalized spacial score (nSPS) is 26.9. The fourth-order valence-corrected chi connectivity index (χ4v) is 6.82. The second kappa shape index (κ2) is 8.89. The summed E-state index contributed by atoms with van der Waals surface area (Å²) in [5, 5.41) is 1.99. The Kier molecular flexibility index (Phi) is 6.09. The van der Waals surface area contributed by atoms with Crippen molar-refractivity contribution in [1.82, 2.24) is 9.73 Å². The number of hydrogen-bond acceptors (Lipinski definition) is 5. The molecule has 4 aliphatic rings. The number of nitrogens with one attached hydrogen (secondary N) is 1. The number of allylic oxidation sites excluding steroid dienone is 3. The third-order valence-electron chi connectivity index (χ3n) is 7.40. The van der Waals surface area contributed by atoms with E-state index in [9.17, 15) is 12.8 Å². The standard InChI is InChI=1S/C25H32FN3O3S/c1-3-33(30,31)28(16-22-5-4-12-32-22)15-19-7-6-18-13-24-23(17(2)25(18)19)14-27-29(24)21-10-8-20(26)9-11-21/h8-11,13-14,17,19,22,27H,3-7,12,15-16H2,1-2H3/t17-,19+,22?/m0/s1. The molecule has 178 valence electrons. The molecule has 2 aliphatic carbocycles. The summed E-state index contributed by atoms with van der Waals surface area (Å²) in [6, 6.07) is 6.47. The molecule has 0 amide bonds.